The topological polar surface area (TPSA) is 116 Å². The van der Waals surface area contributed by atoms with Gasteiger partial charge in [0.15, 0.2) is 5.17 Å². The molecule has 0 saturated heterocycles. The molecular formula is C21H36N2O5S. The SMILES string of the molecule is C=CCCCC(C(=O)N/C(=N/C(=O)O)SC)C(C)(C)C.C=CCCCCC(=O)O. The maximum atomic E-state index is 12.3. The summed E-state index contributed by atoms with van der Waals surface area (Å²) in [6.07, 6.45) is 9.38. The summed E-state index contributed by atoms with van der Waals surface area (Å²) in [6, 6.07) is 0. The van der Waals surface area contributed by atoms with Gasteiger partial charge >= 0.3 is 12.1 Å². The Morgan fingerprint density at radius 1 is 1.07 bits per heavy atom. The van der Waals surface area contributed by atoms with Crippen LogP contribution in [-0.2, 0) is 9.59 Å². The molecule has 0 aromatic heterocycles. The van der Waals surface area contributed by atoms with Crippen LogP contribution in [0.25, 0.3) is 0 Å². The van der Waals surface area contributed by atoms with Crippen LogP contribution in [0.15, 0.2) is 30.3 Å². The fourth-order valence-electron chi connectivity index (χ4n) is 2.39. The number of thioether (sulfide) groups is 1. The molecule has 0 saturated carbocycles. The van der Waals surface area contributed by atoms with Crippen LogP contribution >= 0.6 is 11.8 Å². The summed E-state index contributed by atoms with van der Waals surface area (Å²) in [6.45, 7) is 13.2. The lowest BCUT2D eigenvalue weighted by Crippen LogP contribution is -2.40. The van der Waals surface area contributed by atoms with Gasteiger partial charge in [-0.1, -0.05) is 44.7 Å². The van der Waals surface area contributed by atoms with E-state index in [1.54, 1.807) is 6.26 Å². The number of hydrogen-bond donors (Lipinski definition) is 3. The van der Waals surface area contributed by atoms with Gasteiger partial charge in [-0.3, -0.25) is 9.59 Å². The van der Waals surface area contributed by atoms with E-state index in [2.05, 4.69) is 23.5 Å². The van der Waals surface area contributed by atoms with Gasteiger partial charge in [0.1, 0.15) is 0 Å². The van der Waals surface area contributed by atoms with Crippen molar-refractivity contribution in [2.75, 3.05) is 6.26 Å². The van der Waals surface area contributed by atoms with Crippen LogP contribution in [0.2, 0.25) is 0 Å². The first-order valence-corrected chi connectivity index (χ1v) is 10.8. The molecule has 166 valence electrons. The van der Waals surface area contributed by atoms with Gasteiger partial charge in [-0.2, -0.15) is 4.99 Å². The van der Waals surface area contributed by atoms with E-state index in [9.17, 15) is 14.4 Å². The summed E-state index contributed by atoms with van der Waals surface area (Å²) < 4.78 is 0. The van der Waals surface area contributed by atoms with Crippen molar-refractivity contribution in [1.82, 2.24) is 5.32 Å². The van der Waals surface area contributed by atoms with E-state index in [4.69, 9.17) is 10.2 Å². The molecule has 7 nitrogen and oxygen atoms in total. The Morgan fingerprint density at radius 2 is 1.62 bits per heavy atom. The molecule has 1 atom stereocenters. The van der Waals surface area contributed by atoms with Crippen molar-refractivity contribution in [3.05, 3.63) is 25.3 Å². The average molecular weight is 429 g/mol. The highest BCUT2D eigenvalue weighted by Crippen LogP contribution is 2.30. The lowest BCUT2D eigenvalue weighted by Gasteiger charge is -2.29. The van der Waals surface area contributed by atoms with Crippen molar-refractivity contribution in [2.24, 2.45) is 16.3 Å². The van der Waals surface area contributed by atoms with Crippen LogP contribution in [-0.4, -0.2) is 39.6 Å². The summed E-state index contributed by atoms with van der Waals surface area (Å²) in [4.78, 5) is 36.2. The zero-order valence-corrected chi connectivity index (χ0v) is 18.9. The number of carbonyl (C=O) groups is 3. The number of allylic oxidation sites excluding steroid dienone is 2. The van der Waals surface area contributed by atoms with Crippen LogP contribution < -0.4 is 5.32 Å². The first kappa shape index (κ1) is 29.1. The van der Waals surface area contributed by atoms with Gasteiger partial charge < -0.3 is 15.5 Å². The number of carboxylic acids is 1. The molecule has 0 spiro atoms. The molecule has 3 N–H and O–H groups in total. The third kappa shape index (κ3) is 17.7. The lowest BCUT2D eigenvalue weighted by molar-refractivity contribution is -0.137. The maximum absolute atomic E-state index is 12.3. The number of unbranched alkanes of at least 4 members (excludes halogenated alkanes) is 3. The number of nitrogens with zero attached hydrogens (tertiary/aromatic N) is 1. The maximum Gasteiger partial charge on any atom is 0.433 e. The normalized spacial score (nSPS) is 12.2. The molecule has 0 aliphatic rings. The van der Waals surface area contributed by atoms with E-state index in [0.29, 0.717) is 0 Å². The molecule has 0 aliphatic heterocycles. The average Bonchev–Trinajstić information content (AvgIpc) is 2.60. The number of aliphatic imine (C=N–C) groups is 1. The number of carboxylic acid groups (broad SMARTS) is 2. The highest BCUT2D eigenvalue weighted by atomic mass is 32.2. The van der Waals surface area contributed by atoms with Gasteiger partial charge in [0.2, 0.25) is 5.91 Å². The second-order valence-electron chi connectivity index (χ2n) is 7.46. The first-order valence-electron chi connectivity index (χ1n) is 9.59. The largest absolute Gasteiger partial charge is 0.481 e. The molecule has 0 heterocycles. The molecule has 8 heteroatoms. The van der Waals surface area contributed by atoms with E-state index in [0.717, 1.165) is 50.3 Å². The van der Waals surface area contributed by atoms with Crippen molar-refractivity contribution in [3.8, 4) is 0 Å². The Morgan fingerprint density at radius 3 is 2.03 bits per heavy atom. The standard InChI is InChI=1S/C14H24N2O3S.C7H12O2/c1-6-7-8-9-10(14(2,3)4)11(17)15-12(20-5)16-13(18)19;1-2-3-4-5-6-7(8)9/h6,10H,1,7-9H2,2-5H3,(H,18,19)(H,15,16,17);2H,1,3-6H2,(H,8,9). The van der Waals surface area contributed by atoms with E-state index < -0.39 is 12.1 Å². The lowest BCUT2D eigenvalue weighted by atomic mass is 9.77. The van der Waals surface area contributed by atoms with Crippen molar-refractivity contribution in [3.63, 3.8) is 0 Å². The van der Waals surface area contributed by atoms with E-state index in [-0.39, 0.29) is 28.8 Å². The van der Waals surface area contributed by atoms with Crippen molar-refractivity contribution in [2.45, 2.75) is 65.7 Å². The first-order chi connectivity index (χ1) is 13.5. The monoisotopic (exact) mass is 428 g/mol. The molecule has 0 aliphatic carbocycles. The molecule has 0 aromatic rings. The highest BCUT2D eigenvalue weighted by molar-refractivity contribution is 8.13. The Balaban J connectivity index is 0. The van der Waals surface area contributed by atoms with Crippen LogP contribution in [0.3, 0.4) is 0 Å². The quantitative estimate of drug-likeness (QED) is 0.187. The highest BCUT2D eigenvalue weighted by Gasteiger charge is 2.31. The molecule has 0 rings (SSSR count). The van der Waals surface area contributed by atoms with Crippen LogP contribution in [0.4, 0.5) is 4.79 Å². The van der Waals surface area contributed by atoms with Gasteiger partial charge in [0, 0.05) is 12.3 Å². The summed E-state index contributed by atoms with van der Waals surface area (Å²) in [7, 11) is 0. The van der Waals surface area contributed by atoms with E-state index in [1.165, 1.54) is 0 Å². The predicted octanol–water partition coefficient (Wildman–Crippen LogP) is 5.34. The molecular weight excluding hydrogens is 392 g/mol. The van der Waals surface area contributed by atoms with Crippen LogP contribution in [0.1, 0.15) is 65.7 Å². The Labute approximate surface area is 178 Å². The van der Waals surface area contributed by atoms with Gasteiger partial charge in [-0.25, -0.2) is 4.79 Å². The van der Waals surface area contributed by atoms with E-state index >= 15 is 0 Å². The number of hydrogen-bond acceptors (Lipinski definition) is 4. The molecule has 0 fully saturated rings. The number of aliphatic carboxylic acids is 1. The zero-order chi connectivity index (χ0) is 22.9. The zero-order valence-electron chi connectivity index (χ0n) is 18.1. The number of amidine groups is 1. The third-order valence-electron chi connectivity index (χ3n) is 3.93. The minimum atomic E-state index is -1.31. The van der Waals surface area contributed by atoms with Crippen molar-refractivity contribution >= 4 is 34.9 Å². The summed E-state index contributed by atoms with van der Waals surface area (Å²) in [5.74, 6) is -1.09. The van der Waals surface area contributed by atoms with Crippen LogP contribution in [0.5, 0.6) is 0 Å². The van der Waals surface area contributed by atoms with Crippen molar-refractivity contribution < 1.29 is 24.6 Å². The van der Waals surface area contributed by atoms with Gasteiger partial charge in [0.25, 0.3) is 0 Å². The Kier molecular flexibility index (Phi) is 16.9. The molecule has 29 heavy (non-hydrogen) atoms. The Hall–Kier alpha value is -2.09. The smallest absolute Gasteiger partial charge is 0.433 e. The summed E-state index contributed by atoms with van der Waals surface area (Å²) in [5, 5.41) is 19.5. The third-order valence-corrected chi connectivity index (χ3v) is 4.51. The number of rotatable bonds is 10. The fraction of sp³-hybridized carbons (Fsp3) is 0.619. The van der Waals surface area contributed by atoms with Gasteiger partial charge in [0.05, 0.1) is 0 Å². The van der Waals surface area contributed by atoms with Gasteiger partial charge in [-0.15, -0.1) is 13.2 Å². The predicted molar refractivity (Wildman–Crippen MR) is 120 cm³/mol. The minimum Gasteiger partial charge on any atom is -0.481 e. The molecule has 1 unspecified atom stereocenters. The minimum absolute atomic E-state index is 0.112. The summed E-state index contributed by atoms with van der Waals surface area (Å²) in [5.41, 5.74) is -0.196. The van der Waals surface area contributed by atoms with Crippen LogP contribution in [0, 0.1) is 11.3 Å². The molecule has 0 radical (unpaired) electrons. The van der Waals surface area contributed by atoms with E-state index in [1.807, 2.05) is 32.9 Å². The number of nitrogens with one attached hydrogen (secondary N) is 1. The second kappa shape index (κ2) is 16.8. The Bertz CT molecular complexity index is 568. The molecule has 0 aromatic carbocycles. The van der Waals surface area contributed by atoms with Gasteiger partial charge in [-0.05, 0) is 50.2 Å². The number of carbonyl (C=O) groups excluding carboxylic acids is 1. The molecule has 0 bridgehead atoms. The summed E-state index contributed by atoms with van der Waals surface area (Å²) >= 11 is 1.10. The second-order valence-corrected chi connectivity index (χ2v) is 8.25. The van der Waals surface area contributed by atoms with Crippen molar-refractivity contribution in [1.29, 1.82) is 0 Å². The molecule has 2 amide bonds. The number of amides is 2. The fourth-order valence-corrected chi connectivity index (χ4v) is 2.76.